The second-order valence-corrected chi connectivity index (χ2v) is 8.89. The fraction of sp³-hybridized carbons (Fsp3) is 0.391. The molecule has 32 heavy (non-hydrogen) atoms. The van der Waals surface area contributed by atoms with Crippen LogP contribution in [-0.2, 0) is 11.3 Å². The Kier molecular flexibility index (Phi) is 6.22. The van der Waals surface area contributed by atoms with Crippen molar-refractivity contribution in [2.45, 2.75) is 18.9 Å². The Morgan fingerprint density at radius 2 is 2.00 bits per heavy atom. The fourth-order valence-corrected chi connectivity index (χ4v) is 4.82. The molecule has 2 aliphatic heterocycles. The van der Waals surface area contributed by atoms with E-state index in [2.05, 4.69) is 49.6 Å². The van der Waals surface area contributed by atoms with Gasteiger partial charge in [0.15, 0.2) is 5.82 Å². The number of hydrogen-bond acceptors (Lipinski definition) is 6. The van der Waals surface area contributed by atoms with Crippen LogP contribution >= 0.6 is 23.2 Å². The Morgan fingerprint density at radius 1 is 1.16 bits per heavy atom. The summed E-state index contributed by atoms with van der Waals surface area (Å²) >= 11 is 12.5. The fourth-order valence-electron chi connectivity index (χ4n) is 4.33. The molecule has 0 amide bonds. The van der Waals surface area contributed by atoms with Crippen LogP contribution in [-0.4, -0.2) is 54.5 Å². The van der Waals surface area contributed by atoms with E-state index in [-0.39, 0.29) is 10.9 Å². The van der Waals surface area contributed by atoms with Gasteiger partial charge in [0.1, 0.15) is 5.82 Å². The molecule has 6 nitrogen and oxygen atoms in total. The summed E-state index contributed by atoms with van der Waals surface area (Å²) in [5.74, 6) is 0.404. The second kappa shape index (κ2) is 9.25. The van der Waals surface area contributed by atoms with E-state index in [0.29, 0.717) is 29.5 Å². The van der Waals surface area contributed by atoms with E-state index >= 15 is 0 Å². The third-order valence-electron chi connectivity index (χ3n) is 6.13. The quantitative estimate of drug-likeness (QED) is 0.651. The van der Waals surface area contributed by atoms with Crippen LogP contribution in [0.1, 0.15) is 23.6 Å². The zero-order chi connectivity index (χ0) is 22.1. The summed E-state index contributed by atoms with van der Waals surface area (Å²) in [4.78, 5) is 4.48. The second-order valence-electron chi connectivity index (χ2n) is 8.10. The van der Waals surface area contributed by atoms with Gasteiger partial charge in [0, 0.05) is 54.9 Å². The van der Waals surface area contributed by atoms with Gasteiger partial charge in [-0.1, -0.05) is 35.4 Å². The molecule has 0 radical (unpaired) electrons. The molecule has 0 spiro atoms. The van der Waals surface area contributed by atoms with E-state index in [1.54, 1.807) is 6.07 Å². The van der Waals surface area contributed by atoms with Crippen LogP contribution in [0.5, 0.6) is 0 Å². The van der Waals surface area contributed by atoms with Gasteiger partial charge in [-0.25, -0.2) is 4.39 Å². The van der Waals surface area contributed by atoms with E-state index in [0.717, 1.165) is 50.7 Å². The van der Waals surface area contributed by atoms with Crippen LogP contribution in [0.3, 0.4) is 0 Å². The number of aromatic nitrogens is 2. The number of rotatable bonds is 4. The molecule has 0 bridgehead atoms. The van der Waals surface area contributed by atoms with Gasteiger partial charge < -0.3 is 19.9 Å². The van der Waals surface area contributed by atoms with Gasteiger partial charge in [0.25, 0.3) is 0 Å². The van der Waals surface area contributed by atoms with Crippen molar-refractivity contribution in [3.05, 3.63) is 69.2 Å². The topological polar surface area (TPSA) is 53.5 Å². The maximum atomic E-state index is 14.0. The van der Waals surface area contributed by atoms with Gasteiger partial charge >= 0.3 is 0 Å². The minimum Gasteiger partial charge on any atom is -0.378 e. The molecule has 1 aromatic carbocycles. The third-order valence-corrected chi connectivity index (χ3v) is 6.89. The van der Waals surface area contributed by atoms with Crippen LogP contribution in [0.25, 0.3) is 0 Å². The van der Waals surface area contributed by atoms with Crippen molar-refractivity contribution < 1.29 is 9.13 Å². The number of benzene rings is 1. The molecule has 1 unspecified atom stereocenters. The van der Waals surface area contributed by atoms with Gasteiger partial charge in [-0.15, -0.1) is 5.10 Å². The number of halogens is 3. The van der Waals surface area contributed by atoms with E-state index < -0.39 is 5.82 Å². The Bertz CT molecular complexity index is 1070. The first kappa shape index (κ1) is 21.5. The summed E-state index contributed by atoms with van der Waals surface area (Å²) in [5, 5.41) is 12.7. The third kappa shape index (κ3) is 4.29. The van der Waals surface area contributed by atoms with Crippen LogP contribution in [0.15, 0.2) is 42.1 Å². The van der Waals surface area contributed by atoms with Crippen molar-refractivity contribution in [3.63, 3.8) is 0 Å². The largest absolute Gasteiger partial charge is 0.378 e. The van der Waals surface area contributed by atoms with Crippen LogP contribution in [0.4, 0.5) is 15.9 Å². The normalized spacial score (nSPS) is 20.6. The number of ether oxygens (including phenoxy) is 1. The molecule has 1 aliphatic carbocycles. The average Bonchev–Trinajstić information content (AvgIpc) is 2.85. The Morgan fingerprint density at radius 3 is 2.78 bits per heavy atom. The van der Waals surface area contributed by atoms with Gasteiger partial charge in [-0.2, -0.15) is 5.10 Å². The van der Waals surface area contributed by atoms with Crippen molar-refractivity contribution >= 4 is 34.7 Å². The summed E-state index contributed by atoms with van der Waals surface area (Å²) in [5.41, 5.74) is 3.65. The van der Waals surface area contributed by atoms with Crippen LogP contribution in [0.2, 0.25) is 10.0 Å². The molecule has 5 rings (SSSR count). The first-order valence-electron chi connectivity index (χ1n) is 10.8. The number of nitrogens with zero attached hydrogens (tertiary/aromatic N) is 4. The van der Waals surface area contributed by atoms with Crippen LogP contribution in [0, 0.1) is 5.82 Å². The maximum Gasteiger partial charge on any atom is 0.172 e. The highest BCUT2D eigenvalue weighted by Crippen LogP contribution is 2.35. The Labute approximate surface area is 196 Å². The summed E-state index contributed by atoms with van der Waals surface area (Å²) in [6.07, 6.45) is 7.50. The molecule has 1 N–H and O–H groups in total. The summed E-state index contributed by atoms with van der Waals surface area (Å²) in [6.45, 7) is 5.22. The molecule has 9 heteroatoms. The SMILES string of the molecule is Fc1ccc(Cl)c(CN2CCNc3nnc(C4C=CC(N5CCOCC5)=CC4)cc32)c1Cl. The van der Waals surface area contributed by atoms with Crippen molar-refractivity contribution in [1.29, 1.82) is 0 Å². The molecular formula is C23H24Cl2FN5O. The lowest BCUT2D eigenvalue weighted by Crippen LogP contribution is -2.35. The molecule has 3 aliphatic rings. The molecule has 1 fully saturated rings. The van der Waals surface area contributed by atoms with Crippen LogP contribution < -0.4 is 10.2 Å². The van der Waals surface area contributed by atoms with Gasteiger partial charge in [0.2, 0.25) is 0 Å². The Hall–Kier alpha value is -2.35. The Balaban J connectivity index is 1.36. The lowest BCUT2D eigenvalue weighted by Gasteiger charge is -2.33. The molecule has 1 aromatic heterocycles. The predicted octanol–water partition coefficient (Wildman–Crippen LogP) is 4.61. The molecule has 3 heterocycles. The number of morpholine rings is 1. The zero-order valence-electron chi connectivity index (χ0n) is 17.5. The highest BCUT2D eigenvalue weighted by Gasteiger charge is 2.24. The molecule has 1 saturated heterocycles. The smallest absolute Gasteiger partial charge is 0.172 e. The molecule has 168 valence electrons. The molecule has 1 atom stereocenters. The summed E-state index contributed by atoms with van der Waals surface area (Å²) in [6, 6.07) is 4.90. The van der Waals surface area contributed by atoms with E-state index in [1.165, 1.54) is 11.8 Å². The highest BCUT2D eigenvalue weighted by molar-refractivity contribution is 6.36. The number of fused-ring (bicyclic) bond motifs is 1. The van der Waals surface area contributed by atoms with Crippen molar-refractivity contribution in [2.24, 2.45) is 0 Å². The number of nitrogens with one attached hydrogen (secondary N) is 1. The monoisotopic (exact) mass is 475 g/mol. The van der Waals surface area contributed by atoms with Crippen molar-refractivity contribution in [1.82, 2.24) is 15.1 Å². The summed E-state index contributed by atoms with van der Waals surface area (Å²) < 4.78 is 19.5. The van der Waals surface area contributed by atoms with E-state index in [1.807, 2.05) is 0 Å². The average molecular weight is 476 g/mol. The number of anilines is 2. The lowest BCUT2D eigenvalue weighted by molar-refractivity contribution is 0.0551. The van der Waals surface area contributed by atoms with Crippen molar-refractivity contribution in [3.8, 4) is 0 Å². The minimum atomic E-state index is -0.467. The zero-order valence-corrected chi connectivity index (χ0v) is 19.0. The first-order chi connectivity index (χ1) is 15.6. The number of allylic oxidation sites excluding steroid dienone is 3. The maximum absolute atomic E-state index is 14.0. The predicted molar refractivity (Wildman–Crippen MR) is 125 cm³/mol. The molecule has 0 saturated carbocycles. The van der Waals surface area contributed by atoms with Gasteiger partial charge in [-0.05, 0) is 30.7 Å². The van der Waals surface area contributed by atoms with E-state index in [4.69, 9.17) is 27.9 Å². The summed E-state index contributed by atoms with van der Waals surface area (Å²) in [7, 11) is 0. The van der Waals surface area contributed by atoms with Crippen molar-refractivity contribution in [2.75, 3.05) is 49.6 Å². The highest BCUT2D eigenvalue weighted by atomic mass is 35.5. The molecular weight excluding hydrogens is 452 g/mol. The first-order valence-corrected chi connectivity index (χ1v) is 11.6. The van der Waals surface area contributed by atoms with Gasteiger partial charge in [-0.3, -0.25) is 0 Å². The number of hydrogen-bond donors (Lipinski definition) is 1. The minimum absolute atomic E-state index is 0.0656. The van der Waals surface area contributed by atoms with E-state index in [9.17, 15) is 4.39 Å². The standard InChI is InChI=1S/C23H24Cl2FN5O/c24-18-5-6-19(26)22(25)17(18)14-31-8-7-27-23-21(31)13-20(28-29-23)15-1-3-16(4-2-15)30-9-11-32-12-10-30/h1,3-6,13,15H,2,7-12,14H2,(H,27,29). The molecule has 2 aromatic rings. The van der Waals surface area contributed by atoms with Gasteiger partial charge in [0.05, 0.1) is 29.6 Å². The lowest BCUT2D eigenvalue weighted by atomic mass is 9.95.